The van der Waals surface area contributed by atoms with E-state index in [-0.39, 0.29) is 52.0 Å². The van der Waals surface area contributed by atoms with E-state index >= 15 is 8.78 Å². The fourth-order valence-corrected chi connectivity index (χ4v) is 5.56. The second-order valence-corrected chi connectivity index (χ2v) is 10.5. The van der Waals surface area contributed by atoms with Gasteiger partial charge in [-0.15, -0.1) is 0 Å². The summed E-state index contributed by atoms with van der Waals surface area (Å²) in [6, 6.07) is 6.87. The minimum absolute atomic E-state index is 0.0469. The van der Waals surface area contributed by atoms with E-state index in [0.29, 0.717) is 43.1 Å². The molecule has 1 aromatic carbocycles. The number of piperazine rings is 1. The number of amides is 2. The normalized spacial score (nSPS) is 14.8. The van der Waals surface area contributed by atoms with Crippen molar-refractivity contribution in [3.8, 4) is 16.9 Å². The van der Waals surface area contributed by atoms with Crippen molar-refractivity contribution < 1.29 is 18.4 Å². The molecule has 0 atom stereocenters. The average molecular weight is 572 g/mol. The van der Waals surface area contributed by atoms with E-state index in [1.807, 2.05) is 13.8 Å². The number of fused-ring (bicyclic) bond motifs is 5. The minimum Gasteiger partial charge on any atom is -0.352 e. The SMILES string of the molecule is C=CC(=O)N1CCN(c2nc(=O)n3c4nc(c(F)cc24)-c2c(F)cccc2NC(=O)Cc2ccnc(C(C)C)c2-3)CC1. The highest BCUT2D eigenvalue weighted by molar-refractivity contribution is 5.98. The lowest BCUT2D eigenvalue weighted by Crippen LogP contribution is -2.49. The molecule has 0 unspecified atom stereocenters. The van der Waals surface area contributed by atoms with Gasteiger partial charge in [-0.25, -0.2) is 23.1 Å². The van der Waals surface area contributed by atoms with Crippen molar-refractivity contribution >= 4 is 34.4 Å². The molecule has 42 heavy (non-hydrogen) atoms. The van der Waals surface area contributed by atoms with E-state index in [9.17, 15) is 14.4 Å². The van der Waals surface area contributed by atoms with E-state index < -0.39 is 23.2 Å². The topological polar surface area (TPSA) is 113 Å². The van der Waals surface area contributed by atoms with Crippen LogP contribution in [-0.4, -0.2) is 62.4 Å². The molecule has 1 saturated heterocycles. The van der Waals surface area contributed by atoms with Gasteiger partial charge in [-0.3, -0.25) is 14.6 Å². The molecular weight excluding hydrogens is 544 g/mol. The van der Waals surface area contributed by atoms with Crippen LogP contribution in [0.2, 0.25) is 0 Å². The Bertz CT molecular complexity index is 1850. The van der Waals surface area contributed by atoms with Crippen molar-refractivity contribution in [3.05, 3.63) is 82.6 Å². The number of nitrogens with one attached hydrogen (secondary N) is 1. The van der Waals surface area contributed by atoms with Gasteiger partial charge >= 0.3 is 5.69 Å². The standard InChI is InChI=1S/C30H27F2N7O3/c1-4-23(41)37-10-12-38(13-11-37)28-18-15-20(32)26-24-19(31)6-5-7-21(24)34-22(40)14-17-8-9-33-25(16(2)3)27(17)39(29(18)35-26)30(42)36-28/h4-9,15-16H,1,10-14H2,2-3H3,(H,34,40). The number of nitrogens with zero attached hydrogens (tertiary/aromatic N) is 6. The zero-order valence-electron chi connectivity index (χ0n) is 23.0. The van der Waals surface area contributed by atoms with E-state index in [4.69, 9.17) is 0 Å². The fourth-order valence-electron chi connectivity index (χ4n) is 5.56. The maximum Gasteiger partial charge on any atom is 0.355 e. The molecule has 2 aliphatic rings. The van der Waals surface area contributed by atoms with Crippen LogP contribution in [0.5, 0.6) is 0 Å². The van der Waals surface area contributed by atoms with Gasteiger partial charge in [-0.1, -0.05) is 26.5 Å². The van der Waals surface area contributed by atoms with Gasteiger partial charge in [0.25, 0.3) is 0 Å². The lowest BCUT2D eigenvalue weighted by Gasteiger charge is -2.35. The van der Waals surface area contributed by atoms with E-state index in [1.54, 1.807) is 22.1 Å². The van der Waals surface area contributed by atoms with E-state index in [2.05, 4.69) is 26.8 Å². The first-order valence-corrected chi connectivity index (χ1v) is 13.5. The molecule has 1 fully saturated rings. The van der Waals surface area contributed by atoms with Crippen molar-refractivity contribution in [3.63, 3.8) is 0 Å². The molecule has 5 heterocycles. The third-order valence-corrected chi connectivity index (χ3v) is 7.55. The number of benzene rings is 1. The highest BCUT2D eigenvalue weighted by atomic mass is 19.1. The van der Waals surface area contributed by atoms with Crippen LogP contribution < -0.4 is 15.9 Å². The van der Waals surface area contributed by atoms with Crippen LogP contribution in [0.3, 0.4) is 0 Å². The van der Waals surface area contributed by atoms with Gasteiger partial charge in [-0.2, -0.15) is 4.98 Å². The Morgan fingerprint density at radius 2 is 1.83 bits per heavy atom. The highest BCUT2D eigenvalue weighted by Gasteiger charge is 2.29. The maximum atomic E-state index is 16.0. The van der Waals surface area contributed by atoms with Crippen LogP contribution in [0, 0.1) is 11.6 Å². The summed E-state index contributed by atoms with van der Waals surface area (Å²) in [7, 11) is 0. The summed E-state index contributed by atoms with van der Waals surface area (Å²) in [6.07, 6.45) is 2.64. The largest absolute Gasteiger partial charge is 0.355 e. The Morgan fingerprint density at radius 3 is 2.55 bits per heavy atom. The summed E-state index contributed by atoms with van der Waals surface area (Å²) in [4.78, 5) is 56.2. The number of hydrogen-bond acceptors (Lipinski definition) is 7. The average Bonchev–Trinajstić information content (AvgIpc) is 2.98. The summed E-state index contributed by atoms with van der Waals surface area (Å²) >= 11 is 0. The van der Waals surface area contributed by atoms with Crippen LogP contribution in [0.25, 0.3) is 28.0 Å². The molecular formula is C30H27F2N7O3. The summed E-state index contributed by atoms with van der Waals surface area (Å²) in [5, 5.41) is 2.91. The van der Waals surface area contributed by atoms with Crippen molar-refractivity contribution in [2.24, 2.45) is 0 Å². The molecule has 2 aliphatic heterocycles. The second-order valence-electron chi connectivity index (χ2n) is 10.5. The Morgan fingerprint density at radius 1 is 1.07 bits per heavy atom. The molecule has 214 valence electrons. The van der Waals surface area contributed by atoms with Crippen molar-refractivity contribution in [2.45, 2.75) is 26.2 Å². The Kier molecular flexibility index (Phi) is 6.76. The number of pyridine rings is 2. The van der Waals surface area contributed by atoms with Crippen LogP contribution in [0.15, 0.2) is 54.0 Å². The predicted molar refractivity (Wildman–Crippen MR) is 154 cm³/mol. The van der Waals surface area contributed by atoms with Gasteiger partial charge in [-0.05, 0) is 41.8 Å². The molecule has 2 bridgehead atoms. The highest BCUT2D eigenvalue weighted by Crippen LogP contribution is 2.37. The van der Waals surface area contributed by atoms with Crippen LogP contribution >= 0.6 is 0 Å². The van der Waals surface area contributed by atoms with Crippen molar-refractivity contribution in [1.29, 1.82) is 0 Å². The summed E-state index contributed by atoms with van der Waals surface area (Å²) in [5.41, 5.74) is 0.127. The quantitative estimate of drug-likeness (QED) is 0.374. The number of rotatable bonds is 3. The van der Waals surface area contributed by atoms with Crippen molar-refractivity contribution in [1.82, 2.24) is 24.4 Å². The van der Waals surface area contributed by atoms with Gasteiger partial charge in [0.1, 0.15) is 17.3 Å². The lowest BCUT2D eigenvalue weighted by molar-refractivity contribution is -0.126. The molecule has 12 heteroatoms. The molecule has 2 amide bonds. The third-order valence-electron chi connectivity index (χ3n) is 7.55. The van der Waals surface area contributed by atoms with Crippen molar-refractivity contribution in [2.75, 3.05) is 36.4 Å². The minimum atomic E-state index is -0.855. The molecule has 1 N–H and O–H groups in total. The molecule has 0 saturated carbocycles. The van der Waals surface area contributed by atoms with Gasteiger partial charge in [0.2, 0.25) is 11.8 Å². The first-order chi connectivity index (χ1) is 20.2. The number of halogens is 2. The lowest BCUT2D eigenvalue weighted by atomic mass is 10.0. The van der Waals surface area contributed by atoms with Gasteiger partial charge in [0, 0.05) is 32.4 Å². The zero-order chi connectivity index (χ0) is 29.7. The Balaban J connectivity index is 1.68. The number of hydrogen-bond donors (Lipinski definition) is 1. The molecule has 4 aromatic rings. The van der Waals surface area contributed by atoms with E-state index in [1.165, 1.54) is 28.8 Å². The molecule has 10 nitrogen and oxygen atoms in total. The Hall–Kier alpha value is -5.00. The van der Waals surface area contributed by atoms with Gasteiger partial charge < -0.3 is 15.1 Å². The molecule has 0 aliphatic carbocycles. The fraction of sp³-hybridized carbons (Fsp3) is 0.267. The van der Waals surface area contributed by atoms with Gasteiger partial charge in [0.15, 0.2) is 11.5 Å². The van der Waals surface area contributed by atoms with Crippen LogP contribution in [0.4, 0.5) is 20.3 Å². The predicted octanol–water partition coefficient (Wildman–Crippen LogP) is 3.57. The smallest absolute Gasteiger partial charge is 0.352 e. The molecule has 3 aromatic heterocycles. The summed E-state index contributed by atoms with van der Waals surface area (Å²) in [5.74, 6) is -2.30. The third kappa shape index (κ3) is 4.48. The number of aromatic nitrogens is 4. The molecule has 6 rings (SSSR count). The number of carbonyl (C=O) groups is 2. The first kappa shape index (κ1) is 27.2. The second kappa shape index (κ2) is 10.4. The summed E-state index contributed by atoms with van der Waals surface area (Å²) in [6.45, 7) is 8.70. The maximum absolute atomic E-state index is 16.0. The summed E-state index contributed by atoms with van der Waals surface area (Å²) < 4.78 is 32.5. The number of anilines is 2. The molecule has 0 spiro atoms. The first-order valence-electron chi connectivity index (χ1n) is 13.5. The van der Waals surface area contributed by atoms with Gasteiger partial charge in [0.05, 0.1) is 34.4 Å². The monoisotopic (exact) mass is 571 g/mol. The van der Waals surface area contributed by atoms with Crippen LogP contribution in [-0.2, 0) is 16.0 Å². The van der Waals surface area contributed by atoms with Crippen LogP contribution in [0.1, 0.15) is 31.0 Å². The Labute approximate surface area is 239 Å². The number of carbonyl (C=O) groups excluding carboxylic acids is 2. The zero-order valence-corrected chi connectivity index (χ0v) is 23.0. The molecule has 0 radical (unpaired) electrons. The van der Waals surface area contributed by atoms with E-state index in [0.717, 1.165) is 6.07 Å².